The summed E-state index contributed by atoms with van der Waals surface area (Å²) in [6.07, 6.45) is 6.36. The van der Waals surface area contributed by atoms with E-state index in [1.54, 1.807) is 11.8 Å². The summed E-state index contributed by atoms with van der Waals surface area (Å²) < 4.78 is 0. The minimum Gasteiger partial charge on any atom is -0.373 e. The van der Waals surface area contributed by atoms with Gasteiger partial charge in [0, 0.05) is 54.1 Å². The highest BCUT2D eigenvalue weighted by Crippen LogP contribution is 2.28. The molecule has 0 spiro atoms. The summed E-state index contributed by atoms with van der Waals surface area (Å²) >= 11 is 7.87. The lowest BCUT2D eigenvalue weighted by atomic mass is 10.2. The molecule has 140 valence electrons. The van der Waals surface area contributed by atoms with Gasteiger partial charge in [0.25, 0.3) is 0 Å². The van der Waals surface area contributed by atoms with Gasteiger partial charge in [-0.1, -0.05) is 55.1 Å². The van der Waals surface area contributed by atoms with Crippen molar-refractivity contribution >= 4 is 23.4 Å². The molecule has 1 aromatic carbocycles. The van der Waals surface area contributed by atoms with E-state index in [1.165, 1.54) is 11.1 Å². The van der Waals surface area contributed by atoms with E-state index >= 15 is 0 Å². The van der Waals surface area contributed by atoms with Crippen LogP contribution in [0.5, 0.6) is 0 Å². The van der Waals surface area contributed by atoms with Gasteiger partial charge in [-0.25, -0.2) is 0 Å². The number of hydrogen-bond acceptors (Lipinski definition) is 3. The fourth-order valence-electron chi connectivity index (χ4n) is 2.86. The lowest BCUT2D eigenvalue weighted by molar-refractivity contribution is 0.170. The molecule has 4 heteroatoms. The van der Waals surface area contributed by atoms with Gasteiger partial charge in [0.1, 0.15) is 0 Å². The van der Waals surface area contributed by atoms with Crippen molar-refractivity contribution in [3.05, 3.63) is 82.4 Å². The van der Waals surface area contributed by atoms with Gasteiger partial charge in [-0.3, -0.25) is 4.90 Å². The molecule has 0 N–H and O–H groups in total. The van der Waals surface area contributed by atoms with E-state index in [4.69, 9.17) is 11.6 Å². The molecule has 0 unspecified atom stereocenters. The van der Waals surface area contributed by atoms with Crippen LogP contribution in [0, 0.1) is 0 Å². The molecule has 0 atom stereocenters. The number of allylic oxidation sites excluding steroid dienone is 4. The normalized spacial score (nSPS) is 16.3. The summed E-state index contributed by atoms with van der Waals surface area (Å²) in [7, 11) is 0. The minimum atomic E-state index is 0.786. The molecule has 0 radical (unpaired) electrons. The first-order chi connectivity index (χ1) is 12.5. The van der Waals surface area contributed by atoms with E-state index in [9.17, 15) is 0 Å². The topological polar surface area (TPSA) is 6.48 Å². The van der Waals surface area contributed by atoms with Crippen LogP contribution >= 0.6 is 23.4 Å². The Morgan fingerprint density at radius 1 is 1.23 bits per heavy atom. The molecule has 1 aliphatic rings. The standard InChI is InChI=1S/C22H29ClN2S/c1-5-6-9-21(16-24-11-13-25(14-12-24)18(2)3)19(4)26-17-20-8-7-10-22(23)15-20/h5-10,15H,2,4,11-14,16-17H2,1,3H3/b6-5-,21-9-. The largest absolute Gasteiger partial charge is 0.373 e. The SMILES string of the molecule is C=C(SCc1cccc(Cl)c1)/C(=C\C=C/C)CN1CCN(C(=C)C)CC1. The molecule has 0 aromatic heterocycles. The maximum Gasteiger partial charge on any atom is 0.0409 e. The van der Waals surface area contributed by atoms with E-state index in [2.05, 4.69) is 54.2 Å². The predicted octanol–water partition coefficient (Wildman–Crippen LogP) is 5.74. The average molecular weight is 389 g/mol. The molecular formula is C22H29ClN2S. The summed E-state index contributed by atoms with van der Waals surface area (Å²) in [6, 6.07) is 8.04. The number of nitrogens with zero attached hydrogens (tertiary/aromatic N) is 2. The van der Waals surface area contributed by atoms with E-state index in [-0.39, 0.29) is 0 Å². The Bertz CT molecular complexity index is 685. The van der Waals surface area contributed by atoms with Gasteiger partial charge in [0.15, 0.2) is 0 Å². The molecule has 0 aliphatic carbocycles. The number of hydrogen-bond donors (Lipinski definition) is 0. The van der Waals surface area contributed by atoms with Crippen LogP contribution < -0.4 is 0 Å². The van der Waals surface area contributed by atoms with Crippen molar-refractivity contribution < 1.29 is 0 Å². The summed E-state index contributed by atoms with van der Waals surface area (Å²) in [5.74, 6) is 0.885. The molecule has 1 aromatic rings. The number of benzene rings is 1. The predicted molar refractivity (Wildman–Crippen MR) is 118 cm³/mol. The molecule has 1 fully saturated rings. The first kappa shape index (κ1) is 20.9. The zero-order chi connectivity index (χ0) is 18.9. The Morgan fingerprint density at radius 2 is 1.96 bits per heavy atom. The van der Waals surface area contributed by atoms with Crippen molar-refractivity contribution in [2.45, 2.75) is 19.6 Å². The van der Waals surface area contributed by atoms with Crippen LogP contribution in [0.2, 0.25) is 5.02 Å². The van der Waals surface area contributed by atoms with E-state index in [1.807, 2.05) is 25.1 Å². The quantitative estimate of drug-likeness (QED) is 0.524. The maximum absolute atomic E-state index is 6.09. The number of halogens is 1. The zero-order valence-corrected chi connectivity index (χ0v) is 17.5. The maximum atomic E-state index is 6.09. The van der Waals surface area contributed by atoms with Gasteiger partial charge in [-0.2, -0.15) is 0 Å². The van der Waals surface area contributed by atoms with Gasteiger partial charge >= 0.3 is 0 Å². The van der Waals surface area contributed by atoms with Crippen LogP contribution in [-0.2, 0) is 5.75 Å². The van der Waals surface area contributed by atoms with Crippen molar-refractivity contribution in [3.8, 4) is 0 Å². The first-order valence-corrected chi connectivity index (χ1v) is 10.4. The lowest BCUT2D eigenvalue weighted by Crippen LogP contribution is -2.45. The third-order valence-corrected chi connectivity index (χ3v) is 5.78. The molecule has 2 rings (SSSR count). The Kier molecular flexibility index (Phi) is 8.56. The van der Waals surface area contributed by atoms with Crippen molar-refractivity contribution in [1.29, 1.82) is 0 Å². The van der Waals surface area contributed by atoms with Crippen LogP contribution in [0.1, 0.15) is 19.4 Å². The summed E-state index contributed by atoms with van der Waals surface area (Å²) in [4.78, 5) is 5.99. The van der Waals surface area contributed by atoms with Gasteiger partial charge in [0.2, 0.25) is 0 Å². The van der Waals surface area contributed by atoms with Crippen molar-refractivity contribution in [3.63, 3.8) is 0 Å². The number of piperazine rings is 1. The summed E-state index contributed by atoms with van der Waals surface area (Å²) in [5.41, 5.74) is 3.68. The number of rotatable bonds is 8. The molecule has 1 aliphatic heterocycles. The van der Waals surface area contributed by atoms with Crippen molar-refractivity contribution in [2.75, 3.05) is 32.7 Å². The Balaban J connectivity index is 1.94. The van der Waals surface area contributed by atoms with Crippen LogP contribution in [-0.4, -0.2) is 42.5 Å². The van der Waals surface area contributed by atoms with Gasteiger partial charge < -0.3 is 4.90 Å². The Labute approximate surface area is 167 Å². The third-order valence-electron chi connectivity index (χ3n) is 4.46. The third kappa shape index (κ3) is 6.71. The molecule has 0 saturated carbocycles. The molecule has 26 heavy (non-hydrogen) atoms. The smallest absolute Gasteiger partial charge is 0.0409 e. The monoisotopic (exact) mass is 388 g/mol. The van der Waals surface area contributed by atoms with Crippen molar-refractivity contribution in [1.82, 2.24) is 9.80 Å². The van der Waals surface area contributed by atoms with Crippen molar-refractivity contribution in [2.24, 2.45) is 0 Å². The summed E-state index contributed by atoms with van der Waals surface area (Å²) in [6.45, 7) is 17.7. The van der Waals surface area contributed by atoms with Gasteiger partial charge in [0.05, 0.1) is 0 Å². The highest BCUT2D eigenvalue weighted by Gasteiger charge is 2.18. The van der Waals surface area contributed by atoms with Crippen LogP contribution in [0.25, 0.3) is 0 Å². The summed E-state index contributed by atoms with van der Waals surface area (Å²) in [5, 5.41) is 0.786. The first-order valence-electron chi connectivity index (χ1n) is 9.00. The highest BCUT2D eigenvalue weighted by molar-refractivity contribution is 8.02. The van der Waals surface area contributed by atoms with Crippen LogP contribution in [0.15, 0.2) is 71.8 Å². The average Bonchev–Trinajstić information content (AvgIpc) is 2.63. The molecule has 1 heterocycles. The molecule has 0 bridgehead atoms. The fraction of sp³-hybridized carbons (Fsp3) is 0.364. The van der Waals surface area contributed by atoms with E-state index in [0.29, 0.717) is 0 Å². The highest BCUT2D eigenvalue weighted by atomic mass is 35.5. The zero-order valence-electron chi connectivity index (χ0n) is 15.9. The molecular weight excluding hydrogens is 360 g/mol. The van der Waals surface area contributed by atoms with Crippen LogP contribution in [0.4, 0.5) is 0 Å². The molecule has 1 saturated heterocycles. The Morgan fingerprint density at radius 3 is 2.58 bits per heavy atom. The second-order valence-corrected chi connectivity index (χ2v) is 8.06. The van der Waals surface area contributed by atoms with E-state index in [0.717, 1.165) is 54.1 Å². The second kappa shape index (κ2) is 10.7. The van der Waals surface area contributed by atoms with Crippen LogP contribution in [0.3, 0.4) is 0 Å². The lowest BCUT2D eigenvalue weighted by Gasteiger charge is -2.36. The fourth-order valence-corrected chi connectivity index (χ4v) is 3.92. The van der Waals surface area contributed by atoms with Gasteiger partial charge in [-0.15, -0.1) is 11.8 Å². The van der Waals surface area contributed by atoms with Gasteiger partial charge in [-0.05, 0) is 37.1 Å². The minimum absolute atomic E-state index is 0.786. The molecule has 2 nitrogen and oxygen atoms in total. The molecule has 0 amide bonds. The Hall–Kier alpha value is -1.42. The number of thioether (sulfide) groups is 1. The second-order valence-electron chi connectivity index (χ2n) is 6.56. The van der Waals surface area contributed by atoms with E-state index < -0.39 is 0 Å².